The van der Waals surface area contributed by atoms with Crippen LogP contribution in [-0.4, -0.2) is 15.7 Å². The van der Waals surface area contributed by atoms with Gasteiger partial charge in [-0.1, -0.05) is 22.0 Å². The van der Waals surface area contributed by atoms with E-state index in [2.05, 4.69) is 21.0 Å². The third-order valence-corrected chi connectivity index (χ3v) is 3.13. The van der Waals surface area contributed by atoms with Crippen molar-refractivity contribution in [2.24, 2.45) is 12.8 Å². The van der Waals surface area contributed by atoms with Crippen LogP contribution in [0, 0.1) is 0 Å². The molecule has 0 saturated carbocycles. The molecule has 6 heteroatoms. The minimum absolute atomic E-state index is 0.446. The molecule has 0 aliphatic heterocycles. The maximum atomic E-state index is 11.0. The first kappa shape index (κ1) is 11.7. The molecule has 88 valence electrons. The lowest BCUT2D eigenvalue weighted by Gasteiger charge is -2.07. The van der Waals surface area contributed by atoms with Crippen LogP contribution < -0.4 is 11.5 Å². The molecule has 0 atom stereocenters. The van der Waals surface area contributed by atoms with Gasteiger partial charge in [0.25, 0.3) is 0 Å². The van der Waals surface area contributed by atoms with Gasteiger partial charge in [-0.2, -0.15) is 5.10 Å². The summed E-state index contributed by atoms with van der Waals surface area (Å²) in [5, 5.41) is 4.07. The number of anilines is 1. The first-order valence-corrected chi connectivity index (χ1v) is 5.67. The lowest BCUT2D eigenvalue weighted by Crippen LogP contribution is -2.10. The second-order valence-electron chi connectivity index (χ2n) is 3.63. The van der Waals surface area contributed by atoms with Gasteiger partial charge in [0.1, 0.15) is 0 Å². The monoisotopic (exact) mass is 294 g/mol. The number of hydrogen-bond donors (Lipinski definition) is 2. The Labute approximate surface area is 107 Å². The minimum atomic E-state index is -0.463. The molecule has 5 nitrogen and oxygen atoms in total. The molecule has 0 saturated heterocycles. The van der Waals surface area contributed by atoms with Crippen molar-refractivity contribution in [2.45, 2.75) is 0 Å². The van der Waals surface area contributed by atoms with Crippen molar-refractivity contribution in [2.75, 3.05) is 5.73 Å². The van der Waals surface area contributed by atoms with Gasteiger partial charge >= 0.3 is 0 Å². The molecule has 2 rings (SSSR count). The average molecular weight is 295 g/mol. The number of nitrogen functional groups attached to an aromatic ring is 1. The van der Waals surface area contributed by atoms with Crippen molar-refractivity contribution in [3.8, 4) is 11.3 Å². The lowest BCUT2D eigenvalue weighted by atomic mass is 10.1. The fourth-order valence-electron chi connectivity index (χ4n) is 1.64. The number of carbonyl (C=O) groups excluding carboxylic acids is 1. The van der Waals surface area contributed by atoms with Crippen molar-refractivity contribution in [3.05, 3.63) is 34.4 Å². The van der Waals surface area contributed by atoms with Crippen molar-refractivity contribution in [1.82, 2.24) is 9.78 Å². The Hall–Kier alpha value is -1.82. The zero-order valence-electron chi connectivity index (χ0n) is 9.14. The maximum Gasteiger partial charge on any atom is 0.248 e. The van der Waals surface area contributed by atoms with E-state index in [0.717, 1.165) is 15.7 Å². The number of rotatable bonds is 2. The van der Waals surface area contributed by atoms with Crippen LogP contribution >= 0.6 is 15.9 Å². The number of hydrogen-bond acceptors (Lipinski definition) is 3. The second kappa shape index (κ2) is 4.21. The van der Waals surface area contributed by atoms with E-state index in [4.69, 9.17) is 11.5 Å². The predicted octanol–water partition coefficient (Wildman–Crippen LogP) is 1.53. The molecule has 0 aliphatic rings. The molecule has 1 heterocycles. The second-order valence-corrected chi connectivity index (χ2v) is 4.49. The van der Waals surface area contributed by atoms with Gasteiger partial charge in [0.05, 0.1) is 17.6 Å². The van der Waals surface area contributed by atoms with E-state index in [-0.39, 0.29) is 0 Å². The number of primary amides is 1. The van der Waals surface area contributed by atoms with E-state index >= 15 is 0 Å². The summed E-state index contributed by atoms with van der Waals surface area (Å²) in [6.45, 7) is 0. The van der Waals surface area contributed by atoms with Crippen LogP contribution in [-0.2, 0) is 7.05 Å². The third-order valence-electron chi connectivity index (χ3n) is 2.48. The van der Waals surface area contributed by atoms with Gasteiger partial charge in [0.15, 0.2) is 0 Å². The van der Waals surface area contributed by atoms with Crippen molar-refractivity contribution >= 4 is 27.5 Å². The molecule has 1 amide bonds. The molecule has 0 radical (unpaired) electrons. The Morgan fingerprint density at radius 3 is 2.65 bits per heavy atom. The summed E-state index contributed by atoms with van der Waals surface area (Å²) in [5.41, 5.74) is 13.7. The van der Waals surface area contributed by atoms with E-state index in [9.17, 15) is 4.79 Å². The summed E-state index contributed by atoms with van der Waals surface area (Å²) < 4.78 is 2.43. The Kier molecular flexibility index (Phi) is 2.89. The van der Waals surface area contributed by atoms with Crippen molar-refractivity contribution in [3.63, 3.8) is 0 Å². The van der Waals surface area contributed by atoms with Crippen LogP contribution in [0.2, 0.25) is 0 Å². The van der Waals surface area contributed by atoms with E-state index in [1.807, 2.05) is 0 Å². The molecular formula is C11H11BrN4O. The normalized spacial score (nSPS) is 10.5. The highest BCUT2D eigenvalue weighted by Gasteiger charge is 2.13. The summed E-state index contributed by atoms with van der Waals surface area (Å²) in [6, 6.07) is 5.12. The van der Waals surface area contributed by atoms with Crippen LogP contribution in [0.15, 0.2) is 28.9 Å². The summed E-state index contributed by atoms with van der Waals surface area (Å²) in [5.74, 6) is -0.463. The first-order chi connectivity index (χ1) is 8.00. The zero-order valence-corrected chi connectivity index (χ0v) is 10.7. The van der Waals surface area contributed by atoms with E-state index in [0.29, 0.717) is 11.3 Å². The standard InChI is InChI=1S/C11H11BrN4O/c1-16-10(9(13)5-15-16)7-3-2-6(11(14)17)4-8(7)12/h2-5H,13H2,1H3,(H2,14,17). The Balaban J connectivity index is 2.58. The number of aromatic nitrogens is 2. The number of benzene rings is 1. The van der Waals surface area contributed by atoms with Crippen molar-refractivity contribution in [1.29, 1.82) is 0 Å². The lowest BCUT2D eigenvalue weighted by molar-refractivity contribution is 0.100. The highest BCUT2D eigenvalue weighted by molar-refractivity contribution is 9.10. The van der Waals surface area contributed by atoms with Gasteiger partial charge < -0.3 is 11.5 Å². The third kappa shape index (κ3) is 2.03. The first-order valence-electron chi connectivity index (χ1n) is 4.88. The zero-order chi connectivity index (χ0) is 12.6. The highest BCUT2D eigenvalue weighted by Crippen LogP contribution is 2.32. The molecule has 0 bridgehead atoms. The van der Waals surface area contributed by atoms with Gasteiger partial charge in [0.2, 0.25) is 5.91 Å². The van der Waals surface area contributed by atoms with Gasteiger partial charge in [-0.05, 0) is 12.1 Å². The highest BCUT2D eigenvalue weighted by atomic mass is 79.9. The number of amides is 1. The molecule has 0 unspecified atom stereocenters. The molecule has 4 N–H and O–H groups in total. The molecule has 0 spiro atoms. The molecule has 1 aromatic carbocycles. The van der Waals surface area contributed by atoms with Crippen LogP contribution in [0.5, 0.6) is 0 Å². The van der Waals surface area contributed by atoms with Crippen LogP contribution in [0.4, 0.5) is 5.69 Å². The molecule has 2 aromatic rings. The Morgan fingerprint density at radius 1 is 1.47 bits per heavy atom. The maximum absolute atomic E-state index is 11.0. The van der Waals surface area contributed by atoms with Crippen LogP contribution in [0.1, 0.15) is 10.4 Å². The minimum Gasteiger partial charge on any atom is -0.396 e. The van der Waals surface area contributed by atoms with Gasteiger partial charge in [-0.15, -0.1) is 0 Å². The number of nitrogens with zero attached hydrogens (tertiary/aromatic N) is 2. The van der Waals surface area contributed by atoms with Gasteiger partial charge in [-0.3, -0.25) is 9.48 Å². The molecular weight excluding hydrogens is 284 g/mol. The number of aryl methyl sites for hydroxylation is 1. The smallest absolute Gasteiger partial charge is 0.248 e. The quantitative estimate of drug-likeness (QED) is 0.880. The predicted molar refractivity (Wildman–Crippen MR) is 69.3 cm³/mol. The SMILES string of the molecule is Cn1ncc(N)c1-c1ccc(C(N)=O)cc1Br. The van der Waals surface area contributed by atoms with E-state index in [1.165, 1.54) is 0 Å². The molecule has 1 aromatic heterocycles. The summed E-state index contributed by atoms with van der Waals surface area (Å²) >= 11 is 3.40. The van der Waals surface area contributed by atoms with Crippen LogP contribution in [0.3, 0.4) is 0 Å². The van der Waals surface area contributed by atoms with Gasteiger partial charge in [-0.25, -0.2) is 0 Å². The Morgan fingerprint density at radius 2 is 2.18 bits per heavy atom. The fourth-order valence-corrected chi connectivity index (χ4v) is 2.21. The van der Waals surface area contributed by atoms with Crippen molar-refractivity contribution < 1.29 is 4.79 Å². The molecule has 0 aliphatic carbocycles. The topological polar surface area (TPSA) is 86.9 Å². The Bertz CT molecular complexity index is 572. The number of carbonyl (C=O) groups is 1. The average Bonchev–Trinajstić information content (AvgIpc) is 2.59. The van der Waals surface area contributed by atoms with E-state index in [1.54, 1.807) is 36.1 Å². The molecule has 0 fully saturated rings. The van der Waals surface area contributed by atoms with E-state index < -0.39 is 5.91 Å². The number of halogens is 1. The summed E-state index contributed by atoms with van der Waals surface area (Å²) in [7, 11) is 1.81. The number of nitrogens with two attached hydrogens (primary N) is 2. The molecule has 17 heavy (non-hydrogen) atoms. The van der Waals surface area contributed by atoms with Crippen LogP contribution in [0.25, 0.3) is 11.3 Å². The summed E-state index contributed by atoms with van der Waals surface area (Å²) in [6.07, 6.45) is 1.59. The fraction of sp³-hybridized carbons (Fsp3) is 0.0909. The van der Waals surface area contributed by atoms with Gasteiger partial charge in [0, 0.05) is 22.6 Å². The summed E-state index contributed by atoms with van der Waals surface area (Å²) in [4.78, 5) is 11.0. The largest absolute Gasteiger partial charge is 0.396 e.